The molecule has 1 N–H and O–H groups in total. The molecule has 0 amide bonds. The van der Waals surface area contributed by atoms with E-state index in [1.54, 1.807) is 0 Å². The highest BCUT2D eigenvalue weighted by Gasteiger charge is 2.33. The van der Waals surface area contributed by atoms with Crippen LogP contribution in [0.25, 0.3) is 0 Å². The van der Waals surface area contributed by atoms with Gasteiger partial charge in [-0.25, -0.2) is 0 Å². The minimum Gasteiger partial charge on any atom is -0.490 e. The summed E-state index contributed by atoms with van der Waals surface area (Å²) >= 11 is 0. The van der Waals surface area contributed by atoms with Crippen molar-refractivity contribution < 1.29 is 4.74 Å². The normalized spacial score (nSPS) is 18.2. The van der Waals surface area contributed by atoms with Gasteiger partial charge in [-0.2, -0.15) is 5.26 Å². The Morgan fingerprint density at radius 3 is 2.76 bits per heavy atom. The predicted octanol–water partition coefficient (Wildman–Crippen LogP) is 2.41. The van der Waals surface area contributed by atoms with Crippen LogP contribution in [0, 0.1) is 18.3 Å². The summed E-state index contributed by atoms with van der Waals surface area (Å²) in [5.74, 6) is 0.853. The van der Waals surface area contributed by atoms with Crippen molar-refractivity contribution in [1.82, 2.24) is 5.32 Å². The number of ether oxygens (including phenoxy) is 1. The summed E-state index contributed by atoms with van der Waals surface area (Å²) in [7, 11) is 0. The zero-order valence-electron chi connectivity index (χ0n) is 10.4. The SMILES string of the molecule is Cc1ccccc1OCC(C)(C#N)NC1CC1. The predicted molar refractivity (Wildman–Crippen MR) is 66.8 cm³/mol. The van der Waals surface area contributed by atoms with E-state index in [0.717, 1.165) is 11.3 Å². The molecule has 1 unspecified atom stereocenters. The second-order valence-electron chi connectivity index (χ2n) is 4.92. The summed E-state index contributed by atoms with van der Waals surface area (Å²) in [5.41, 5.74) is 0.503. The van der Waals surface area contributed by atoms with E-state index in [0.29, 0.717) is 12.6 Å². The van der Waals surface area contributed by atoms with Crippen LogP contribution in [0.3, 0.4) is 0 Å². The third-order valence-corrected chi connectivity index (χ3v) is 2.96. The molecule has 90 valence electrons. The van der Waals surface area contributed by atoms with Gasteiger partial charge in [0, 0.05) is 6.04 Å². The van der Waals surface area contributed by atoms with Gasteiger partial charge in [-0.1, -0.05) is 18.2 Å². The number of aryl methyl sites for hydroxylation is 1. The minimum absolute atomic E-state index is 0.380. The molecule has 1 aromatic rings. The number of nitrogens with one attached hydrogen (secondary N) is 1. The fourth-order valence-corrected chi connectivity index (χ4v) is 1.72. The van der Waals surface area contributed by atoms with Crippen LogP contribution in [-0.2, 0) is 0 Å². The Kier molecular flexibility index (Phi) is 3.35. The lowest BCUT2D eigenvalue weighted by Gasteiger charge is -2.23. The Labute approximate surface area is 102 Å². The second kappa shape index (κ2) is 4.77. The molecule has 0 aromatic heterocycles. The number of benzene rings is 1. The van der Waals surface area contributed by atoms with Gasteiger partial charge < -0.3 is 4.74 Å². The lowest BCUT2D eigenvalue weighted by atomic mass is 10.1. The lowest BCUT2D eigenvalue weighted by Crippen LogP contribution is -2.47. The van der Waals surface area contributed by atoms with Crippen molar-refractivity contribution >= 4 is 0 Å². The molecule has 0 heterocycles. The third-order valence-electron chi connectivity index (χ3n) is 2.96. The largest absolute Gasteiger partial charge is 0.490 e. The van der Waals surface area contributed by atoms with Crippen molar-refractivity contribution in [2.24, 2.45) is 0 Å². The summed E-state index contributed by atoms with van der Waals surface area (Å²) in [4.78, 5) is 0. The van der Waals surface area contributed by atoms with Gasteiger partial charge in [-0.3, -0.25) is 5.32 Å². The number of rotatable bonds is 5. The van der Waals surface area contributed by atoms with Crippen LogP contribution in [0.2, 0.25) is 0 Å². The van der Waals surface area contributed by atoms with Gasteiger partial charge in [0.05, 0.1) is 6.07 Å². The van der Waals surface area contributed by atoms with Gasteiger partial charge in [0.25, 0.3) is 0 Å². The Morgan fingerprint density at radius 2 is 2.18 bits per heavy atom. The molecular formula is C14H18N2O. The van der Waals surface area contributed by atoms with Crippen LogP contribution in [0.1, 0.15) is 25.3 Å². The number of nitrogens with zero attached hydrogens (tertiary/aromatic N) is 1. The second-order valence-corrected chi connectivity index (χ2v) is 4.92. The quantitative estimate of drug-likeness (QED) is 0.844. The highest BCUT2D eigenvalue weighted by Crippen LogP contribution is 2.23. The fourth-order valence-electron chi connectivity index (χ4n) is 1.72. The molecule has 1 aliphatic rings. The smallest absolute Gasteiger partial charge is 0.138 e. The number of hydrogen-bond acceptors (Lipinski definition) is 3. The maximum Gasteiger partial charge on any atom is 0.138 e. The van der Waals surface area contributed by atoms with Gasteiger partial charge in [0.2, 0.25) is 0 Å². The Morgan fingerprint density at radius 1 is 1.47 bits per heavy atom. The summed E-state index contributed by atoms with van der Waals surface area (Å²) in [6.07, 6.45) is 2.34. The first-order valence-corrected chi connectivity index (χ1v) is 6.00. The number of nitriles is 1. The fraction of sp³-hybridized carbons (Fsp3) is 0.500. The van der Waals surface area contributed by atoms with E-state index in [1.165, 1.54) is 12.8 Å². The number of para-hydroxylation sites is 1. The van der Waals surface area contributed by atoms with Crippen molar-refractivity contribution in [2.45, 2.75) is 38.3 Å². The maximum atomic E-state index is 9.22. The van der Waals surface area contributed by atoms with Gasteiger partial charge in [-0.15, -0.1) is 0 Å². The van der Waals surface area contributed by atoms with Crippen LogP contribution in [0.5, 0.6) is 5.75 Å². The molecule has 1 fully saturated rings. The summed E-state index contributed by atoms with van der Waals surface area (Å²) < 4.78 is 5.74. The van der Waals surface area contributed by atoms with E-state index in [4.69, 9.17) is 4.74 Å². The molecular weight excluding hydrogens is 212 g/mol. The molecule has 0 aliphatic heterocycles. The standard InChI is InChI=1S/C14H18N2O/c1-11-5-3-4-6-13(11)17-10-14(2,9-15)16-12-7-8-12/h3-6,12,16H,7-8,10H2,1-2H3. The van der Waals surface area contributed by atoms with Gasteiger partial charge in [-0.05, 0) is 38.3 Å². The monoisotopic (exact) mass is 230 g/mol. The van der Waals surface area contributed by atoms with E-state index in [-0.39, 0.29) is 0 Å². The van der Waals surface area contributed by atoms with Gasteiger partial charge >= 0.3 is 0 Å². The molecule has 3 nitrogen and oxygen atoms in total. The average molecular weight is 230 g/mol. The topological polar surface area (TPSA) is 45.0 Å². The molecule has 2 rings (SSSR count). The van der Waals surface area contributed by atoms with Crippen LogP contribution >= 0.6 is 0 Å². The molecule has 3 heteroatoms. The highest BCUT2D eigenvalue weighted by atomic mass is 16.5. The molecule has 1 aliphatic carbocycles. The summed E-state index contributed by atoms with van der Waals surface area (Å²) in [5, 5.41) is 12.5. The van der Waals surface area contributed by atoms with Crippen LogP contribution in [0.15, 0.2) is 24.3 Å². The zero-order valence-corrected chi connectivity index (χ0v) is 10.4. The van der Waals surface area contributed by atoms with E-state index >= 15 is 0 Å². The lowest BCUT2D eigenvalue weighted by molar-refractivity contribution is 0.231. The van der Waals surface area contributed by atoms with Gasteiger partial charge in [0.1, 0.15) is 17.9 Å². The van der Waals surface area contributed by atoms with Crippen LogP contribution in [0.4, 0.5) is 0 Å². The average Bonchev–Trinajstić information content (AvgIpc) is 3.12. The molecule has 0 spiro atoms. The molecule has 1 aromatic carbocycles. The third kappa shape index (κ3) is 3.21. The van der Waals surface area contributed by atoms with Crippen molar-refractivity contribution in [1.29, 1.82) is 5.26 Å². The first kappa shape index (κ1) is 11.9. The highest BCUT2D eigenvalue weighted by molar-refractivity contribution is 5.32. The molecule has 0 radical (unpaired) electrons. The molecule has 0 saturated heterocycles. The van der Waals surface area contributed by atoms with Crippen molar-refractivity contribution in [3.63, 3.8) is 0 Å². The number of hydrogen-bond donors (Lipinski definition) is 1. The first-order chi connectivity index (χ1) is 8.13. The molecule has 17 heavy (non-hydrogen) atoms. The molecule has 1 atom stereocenters. The zero-order chi connectivity index (χ0) is 12.3. The summed E-state index contributed by atoms with van der Waals surface area (Å²) in [6.45, 7) is 4.28. The van der Waals surface area contributed by atoms with Gasteiger partial charge in [0.15, 0.2) is 0 Å². The Bertz CT molecular complexity index is 434. The summed E-state index contributed by atoms with van der Waals surface area (Å²) in [6, 6.07) is 10.7. The van der Waals surface area contributed by atoms with Crippen LogP contribution in [-0.4, -0.2) is 18.2 Å². The Balaban J connectivity index is 1.96. The molecule has 0 bridgehead atoms. The first-order valence-electron chi connectivity index (χ1n) is 6.00. The van der Waals surface area contributed by atoms with Crippen molar-refractivity contribution in [2.75, 3.05) is 6.61 Å². The van der Waals surface area contributed by atoms with E-state index < -0.39 is 5.54 Å². The Hall–Kier alpha value is -1.53. The van der Waals surface area contributed by atoms with Crippen LogP contribution < -0.4 is 10.1 Å². The minimum atomic E-state index is -0.594. The van der Waals surface area contributed by atoms with E-state index in [2.05, 4.69) is 11.4 Å². The van der Waals surface area contributed by atoms with E-state index in [9.17, 15) is 5.26 Å². The molecule has 1 saturated carbocycles. The van der Waals surface area contributed by atoms with Crippen molar-refractivity contribution in [3.05, 3.63) is 29.8 Å². The van der Waals surface area contributed by atoms with Crippen molar-refractivity contribution in [3.8, 4) is 11.8 Å². The maximum absolute atomic E-state index is 9.22. The van der Waals surface area contributed by atoms with E-state index in [1.807, 2.05) is 38.1 Å².